The molecule has 0 N–H and O–H groups in total. The summed E-state index contributed by atoms with van der Waals surface area (Å²) in [6.07, 6.45) is 2.01. The number of hydrogen-bond donors (Lipinski definition) is 0. The van der Waals surface area contributed by atoms with Crippen LogP contribution >= 0.6 is 0 Å². The van der Waals surface area contributed by atoms with Crippen molar-refractivity contribution in [2.24, 2.45) is 26.7 Å². The van der Waals surface area contributed by atoms with Crippen molar-refractivity contribution in [3.05, 3.63) is 144 Å². The third kappa shape index (κ3) is 4.75. The second-order valence-corrected chi connectivity index (χ2v) is 12.3. The van der Waals surface area contributed by atoms with E-state index in [1.807, 2.05) is 121 Å². The lowest BCUT2D eigenvalue weighted by atomic mass is 9.69. The largest absolute Gasteiger partial charge is 0.287 e. The minimum atomic E-state index is -0.267. The van der Waals surface area contributed by atoms with Crippen LogP contribution < -0.4 is 0 Å². The van der Waals surface area contributed by atoms with Gasteiger partial charge in [-0.2, -0.15) is 0 Å². The molecule has 2 fully saturated rings. The van der Waals surface area contributed by atoms with Gasteiger partial charge in [-0.1, -0.05) is 142 Å². The fraction of sp³-hybridized carbons (Fsp3) is 0.263. The lowest BCUT2D eigenvalue weighted by Gasteiger charge is -2.38. The smallest absolute Gasteiger partial charge is 0.211 e. The first-order chi connectivity index (χ1) is 20.3. The van der Waals surface area contributed by atoms with Gasteiger partial charge in [-0.05, 0) is 29.6 Å². The Labute approximate surface area is 248 Å². The molecule has 0 saturated heterocycles. The van der Waals surface area contributed by atoms with Crippen LogP contribution in [0, 0.1) is 16.7 Å². The van der Waals surface area contributed by atoms with Gasteiger partial charge in [0.2, 0.25) is 11.6 Å². The minimum absolute atomic E-state index is 0.0789. The van der Waals surface area contributed by atoms with Crippen LogP contribution in [-0.2, 0) is 0 Å². The topological polar surface area (TPSA) is 58.9 Å². The molecule has 4 aromatic carbocycles. The summed E-state index contributed by atoms with van der Waals surface area (Å²) in [4.78, 5) is 38.8. The highest BCUT2D eigenvalue weighted by atomic mass is 16.1. The quantitative estimate of drug-likeness (QED) is 0.165. The van der Waals surface area contributed by atoms with Gasteiger partial charge in [-0.3, -0.25) is 19.6 Å². The number of benzene rings is 4. The van der Waals surface area contributed by atoms with Gasteiger partial charge < -0.3 is 0 Å². The number of fused-ring (bicyclic) bond motifs is 2. The molecular weight excluding hydrogens is 516 g/mol. The Balaban J connectivity index is 1.53. The number of aliphatic imine (C=N–C) groups is 2. The van der Waals surface area contributed by atoms with Gasteiger partial charge in [0, 0.05) is 22.3 Å². The summed E-state index contributed by atoms with van der Waals surface area (Å²) in [7, 11) is 0. The Morgan fingerprint density at radius 3 is 1.38 bits per heavy atom. The van der Waals surface area contributed by atoms with Gasteiger partial charge in [0.1, 0.15) is 11.4 Å². The van der Waals surface area contributed by atoms with Crippen LogP contribution in [0.1, 0.15) is 65.5 Å². The van der Waals surface area contributed by atoms with Crippen molar-refractivity contribution in [1.82, 2.24) is 0 Å². The van der Waals surface area contributed by atoms with Crippen LogP contribution in [0.15, 0.2) is 131 Å². The van der Waals surface area contributed by atoms with Crippen LogP contribution in [0.25, 0.3) is 0 Å². The van der Waals surface area contributed by atoms with Gasteiger partial charge in [-0.25, -0.2) is 0 Å². The molecule has 4 heteroatoms. The zero-order valence-corrected chi connectivity index (χ0v) is 24.4. The second-order valence-electron chi connectivity index (χ2n) is 12.3. The highest BCUT2D eigenvalue weighted by molar-refractivity contribution is 6.52. The van der Waals surface area contributed by atoms with Crippen LogP contribution in [0.5, 0.6) is 0 Å². The normalized spacial score (nSPS) is 24.9. The van der Waals surface area contributed by atoms with E-state index in [4.69, 9.17) is 9.98 Å². The third-order valence-corrected chi connectivity index (χ3v) is 9.91. The van der Waals surface area contributed by atoms with Gasteiger partial charge in [0.15, 0.2) is 0 Å². The van der Waals surface area contributed by atoms with Crippen molar-refractivity contribution in [2.45, 2.75) is 45.7 Å². The summed E-state index contributed by atoms with van der Waals surface area (Å²) in [5.41, 5.74) is 3.44. The number of rotatable bonds is 8. The van der Waals surface area contributed by atoms with Gasteiger partial charge in [0.25, 0.3) is 0 Å². The summed E-state index contributed by atoms with van der Waals surface area (Å²) < 4.78 is 0. The summed E-state index contributed by atoms with van der Waals surface area (Å²) in [6.45, 7) is 6.92. The minimum Gasteiger partial charge on any atom is -0.287 e. The predicted octanol–water partition coefficient (Wildman–Crippen LogP) is 7.92. The molecule has 0 aromatic heterocycles. The Kier molecular flexibility index (Phi) is 7.32. The van der Waals surface area contributed by atoms with E-state index in [0.29, 0.717) is 22.6 Å². The number of nitrogens with zero attached hydrogens (tertiary/aromatic N) is 2. The van der Waals surface area contributed by atoms with E-state index in [9.17, 15) is 9.59 Å². The summed E-state index contributed by atoms with van der Waals surface area (Å²) >= 11 is 0. The lowest BCUT2D eigenvalue weighted by Crippen LogP contribution is -2.40. The van der Waals surface area contributed by atoms with Gasteiger partial charge in [0.05, 0.1) is 12.1 Å². The molecule has 2 aliphatic carbocycles. The van der Waals surface area contributed by atoms with E-state index in [2.05, 4.69) is 20.8 Å². The Morgan fingerprint density at radius 2 is 0.952 bits per heavy atom. The maximum Gasteiger partial charge on any atom is 0.211 e. The molecule has 4 nitrogen and oxygen atoms in total. The fourth-order valence-electron chi connectivity index (χ4n) is 7.13. The Bertz CT molecular complexity index is 1640. The van der Waals surface area contributed by atoms with Crippen molar-refractivity contribution in [3.63, 3.8) is 0 Å². The van der Waals surface area contributed by atoms with Crippen LogP contribution in [-0.4, -0.2) is 35.1 Å². The van der Waals surface area contributed by atoms with Crippen molar-refractivity contribution in [3.8, 4) is 0 Å². The highest BCUT2D eigenvalue weighted by Gasteiger charge is 2.66. The third-order valence-electron chi connectivity index (χ3n) is 9.91. The number of hydrogen-bond acceptors (Lipinski definition) is 4. The summed E-state index contributed by atoms with van der Waals surface area (Å²) in [6, 6.07) is 37.7. The van der Waals surface area contributed by atoms with E-state index >= 15 is 0 Å². The first kappa shape index (κ1) is 27.7. The zero-order chi connectivity index (χ0) is 29.3. The van der Waals surface area contributed by atoms with Crippen molar-refractivity contribution in [1.29, 1.82) is 0 Å². The van der Waals surface area contributed by atoms with Crippen LogP contribution in [0.2, 0.25) is 0 Å². The number of carbonyl (C=O) groups is 2. The molecule has 2 bridgehead atoms. The molecule has 0 heterocycles. The van der Waals surface area contributed by atoms with Crippen molar-refractivity contribution >= 4 is 23.0 Å². The first-order valence-corrected chi connectivity index (χ1v) is 14.8. The van der Waals surface area contributed by atoms with E-state index < -0.39 is 0 Å². The SMILES string of the molecule is CC1(C)[C@@H]2CC[C@]1(C)[C@H](N=C(C(=O)c1ccccc1)c1ccccc1)[C@@H]2N=C(C(=O)c1ccccc1)c1ccccc1. The Hall–Kier alpha value is -4.44. The summed E-state index contributed by atoms with van der Waals surface area (Å²) in [5.74, 6) is 0.0265. The molecule has 210 valence electrons. The molecule has 4 aromatic rings. The number of carbonyl (C=O) groups excluding carboxylic acids is 2. The molecule has 0 spiro atoms. The van der Waals surface area contributed by atoms with Crippen molar-refractivity contribution in [2.75, 3.05) is 0 Å². The molecule has 4 atom stereocenters. The maximum absolute atomic E-state index is 14.0. The first-order valence-electron chi connectivity index (χ1n) is 14.8. The lowest BCUT2D eigenvalue weighted by molar-refractivity contribution is 0.105. The molecule has 0 amide bonds. The standard InChI is InChI=1S/C38H36N2O2/c1-37(2)30-24-25-38(37,3)36(40-32(27-18-10-5-11-19-27)35(42)29-22-14-7-15-23-29)33(30)39-31(26-16-8-4-9-17-26)34(41)28-20-12-6-13-21-28/h4-23,30,33,36H,24-25H2,1-3H3/t30-,33-,36-,38-/m1/s1. The van der Waals surface area contributed by atoms with E-state index in [1.165, 1.54) is 0 Å². The zero-order valence-electron chi connectivity index (χ0n) is 24.4. The van der Waals surface area contributed by atoms with Gasteiger partial charge >= 0.3 is 0 Å². The van der Waals surface area contributed by atoms with E-state index in [-0.39, 0.29) is 40.4 Å². The number of ketones is 2. The molecule has 6 rings (SSSR count). The molecule has 0 aliphatic heterocycles. The monoisotopic (exact) mass is 552 g/mol. The number of Topliss-reactive ketones (excluding diaryl/α,β-unsaturated/α-hetero) is 2. The van der Waals surface area contributed by atoms with Crippen LogP contribution in [0.3, 0.4) is 0 Å². The molecule has 0 unspecified atom stereocenters. The Morgan fingerprint density at radius 1 is 0.571 bits per heavy atom. The van der Waals surface area contributed by atoms with E-state index in [0.717, 1.165) is 24.0 Å². The molecule has 2 saturated carbocycles. The molecule has 42 heavy (non-hydrogen) atoms. The fourth-order valence-corrected chi connectivity index (χ4v) is 7.13. The van der Waals surface area contributed by atoms with Crippen LogP contribution in [0.4, 0.5) is 0 Å². The van der Waals surface area contributed by atoms with Gasteiger partial charge in [-0.15, -0.1) is 0 Å². The second kappa shape index (κ2) is 11.1. The molecule has 2 aliphatic rings. The maximum atomic E-state index is 14.0. The van der Waals surface area contributed by atoms with E-state index in [1.54, 1.807) is 0 Å². The predicted molar refractivity (Wildman–Crippen MR) is 170 cm³/mol. The molecule has 0 radical (unpaired) electrons. The average Bonchev–Trinajstić information content (AvgIpc) is 3.36. The summed E-state index contributed by atoms with van der Waals surface area (Å²) in [5, 5.41) is 0. The highest BCUT2D eigenvalue weighted by Crippen LogP contribution is 2.67. The average molecular weight is 553 g/mol. The molecular formula is C38H36N2O2. The van der Waals surface area contributed by atoms with Crippen molar-refractivity contribution < 1.29 is 9.59 Å².